The van der Waals surface area contributed by atoms with Crippen molar-refractivity contribution >= 4 is 17.7 Å². The van der Waals surface area contributed by atoms with Crippen molar-refractivity contribution in [3.63, 3.8) is 0 Å². The van der Waals surface area contributed by atoms with E-state index >= 15 is 0 Å². The number of carbonyl (C=O) groups excluding carboxylic acids is 3. The van der Waals surface area contributed by atoms with Gasteiger partial charge in [0.1, 0.15) is 11.9 Å². The molecular formula is C22H19N5O3. The topological polar surface area (TPSA) is 97.2 Å². The third kappa shape index (κ3) is 2.97. The number of aryl methyl sites for hydroxylation is 1. The van der Waals surface area contributed by atoms with E-state index in [2.05, 4.69) is 10.3 Å². The van der Waals surface area contributed by atoms with E-state index in [4.69, 9.17) is 4.98 Å². The largest absolute Gasteiger partial charge is 0.333 e. The van der Waals surface area contributed by atoms with Crippen LogP contribution >= 0.6 is 0 Å². The number of imidazole rings is 1. The van der Waals surface area contributed by atoms with Crippen LogP contribution in [0, 0.1) is 0 Å². The number of hydrogen-bond donors (Lipinski definition) is 1. The van der Waals surface area contributed by atoms with Crippen LogP contribution < -0.4 is 5.32 Å². The summed E-state index contributed by atoms with van der Waals surface area (Å²) in [6.07, 6.45) is 6.03. The summed E-state index contributed by atoms with van der Waals surface area (Å²) < 4.78 is 1.94. The highest BCUT2D eigenvalue weighted by molar-refractivity contribution is 6.05. The molecule has 8 heteroatoms. The molecule has 30 heavy (non-hydrogen) atoms. The molecule has 2 aliphatic heterocycles. The fourth-order valence-corrected chi connectivity index (χ4v) is 4.10. The first kappa shape index (κ1) is 18.2. The first-order valence-electron chi connectivity index (χ1n) is 9.73. The van der Waals surface area contributed by atoms with Crippen molar-refractivity contribution in [1.29, 1.82) is 0 Å². The molecule has 1 N–H and O–H groups in total. The second kappa shape index (κ2) is 6.91. The molecule has 150 valence electrons. The molecule has 8 nitrogen and oxygen atoms in total. The number of benzene rings is 1. The third-order valence-corrected chi connectivity index (χ3v) is 5.62. The molecule has 5 rings (SSSR count). The van der Waals surface area contributed by atoms with Crippen molar-refractivity contribution in [2.45, 2.75) is 25.4 Å². The van der Waals surface area contributed by atoms with Crippen LogP contribution in [-0.4, -0.2) is 43.2 Å². The Morgan fingerprint density at radius 1 is 1.13 bits per heavy atom. The van der Waals surface area contributed by atoms with Gasteiger partial charge in [-0.2, -0.15) is 0 Å². The Bertz CT molecular complexity index is 1180. The maximum absolute atomic E-state index is 12.8. The lowest BCUT2D eigenvalue weighted by molar-refractivity contribution is -0.136. The van der Waals surface area contributed by atoms with Crippen molar-refractivity contribution < 1.29 is 14.4 Å². The van der Waals surface area contributed by atoms with Gasteiger partial charge in [-0.15, -0.1) is 0 Å². The Labute approximate surface area is 172 Å². The SMILES string of the molecule is Cn1cc(-c2ccc3c(c2)CN(C2CCC(=O)NC2=O)C3=O)nc1-c1cccnc1. The van der Waals surface area contributed by atoms with E-state index < -0.39 is 11.9 Å². The zero-order chi connectivity index (χ0) is 20.8. The van der Waals surface area contributed by atoms with Crippen molar-refractivity contribution in [2.24, 2.45) is 7.05 Å². The van der Waals surface area contributed by atoms with Gasteiger partial charge in [-0.05, 0) is 36.2 Å². The van der Waals surface area contributed by atoms with Gasteiger partial charge in [0.15, 0.2) is 0 Å². The molecule has 1 atom stereocenters. The minimum atomic E-state index is -0.613. The highest BCUT2D eigenvalue weighted by Crippen LogP contribution is 2.31. The Kier molecular flexibility index (Phi) is 4.20. The summed E-state index contributed by atoms with van der Waals surface area (Å²) in [5.41, 5.74) is 4.07. The standard InChI is InChI=1S/C22H19N5O3/c1-26-12-17(24-20(26)14-3-2-8-23-10-14)13-4-5-16-15(9-13)11-27(22(16)30)18-6-7-19(28)25-21(18)29/h2-5,8-10,12,18H,6-7,11H2,1H3,(H,25,28,29). The van der Waals surface area contributed by atoms with Gasteiger partial charge in [-0.3, -0.25) is 24.7 Å². The second-order valence-electron chi connectivity index (χ2n) is 7.57. The molecule has 1 fully saturated rings. The van der Waals surface area contributed by atoms with Gasteiger partial charge >= 0.3 is 0 Å². The molecule has 3 aromatic rings. The van der Waals surface area contributed by atoms with Crippen molar-refractivity contribution in [2.75, 3.05) is 0 Å². The maximum Gasteiger partial charge on any atom is 0.255 e. The molecule has 1 saturated heterocycles. The van der Waals surface area contributed by atoms with E-state index in [9.17, 15) is 14.4 Å². The first-order chi connectivity index (χ1) is 14.5. The number of rotatable bonds is 3. The lowest BCUT2D eigenvalue weighted by atomic mass is 10.0. The molecule has 0 aliphatic carbocycles. The van der Waals surface area contributed by atoms with Crippen LogP contribution in [0.15, 0.2) is 48.9 Å². The number of aromatic nitrogens is 3. The van der Waals surface area contributed by atoms with E-state index in [1.807, 2.05) is 42.1 Å². The Morgan fingerprint density at radius 3 is 2.77 bits per heavy atom. The summed E-state index contributed by atoms with van der Waals surface area (Å²) in [5.74, 6) is -0.0660. The molecule has 0 radical (unpaired) electrons. The summed E-state index contributed by atoms with van der Waals surface area (Å²) >= 11 is 0. The summed E-state index contributed by atoms with van der Waals surface area (Å²) in [6, 6.07) is 8.83. The number of amides is 3. The number of nitrogens with zero attached hydrogens (tertiary/aromatic N) is 4. The number of carbonyl (C=O) groups is 3. The number of fused-ring (bicyclic) bond motifs is 1. The number of nitrogens with one attached hydrogen (secondary N) is 1. The minimum absolute atomic E-state index is 0.178. The van der Waals surface area contributed by atoms with Crippen LogP contribution in [-0.2, 0) is 23.2 Å². The van der Waals surface area contributed by atoms with E-state index in [-0.39, 0.29) is 18.2 Å². The monoisotopic (exact) mass is 401 g/mol. The van der Waals surface area contributed by atoms with E-state index in [1.54, 1.807) is 23.4 Å². The molecule has 1 aromatic carbocycles. The maximum atomic E-state index is 12.8. The summed E-state index contributed by atoms with van der Waals surface area (Å²) in [5, 5.41) is 2.33. The van der Waals surface area contributed by atoms with Gasteiger partial charge in [0, 0.05) is 55.3 Å². The van der Waals surface area contributed by atoms with Crippen LogP contribution in [0.4, 0.5) is 0 Å². The highest BCUT2D eigenvalue weighted by Gasteiger charge is 2.39. The molecule has 2 aromatic heterocycles. The summed E-state index contributed by atoms with van der Waals surface area (Å²) in [7, 11) is 1.93. The number of hydrogen-bond acceptors (Lipinski definition) is 5. The van der Waals surface area contributed by atoms with Gasteiger partial charge in [0.05, 0.1) is 5.69 Å². The average Bonchev–Trinajstić information content (AvgIpc) is 3.29. The molecule has 0 saturated carbocycles. The van der Waals surface area contributed by atoms with Crippen LogP contribution in [0.25, 0.3) is 22.6 Å². The number of pyridine rings is 1. The van der Waals surface area contributed by atoms with Crippen LogP contribution in [0.1, 0.15) is 28.8 Å². The lowest BCUT2D eigenvalue weighted by Crippen LogP contribution is -2.52. The highest BCUT2D eigenvalue weighted by atomic mass is 16.2. The Morgan fingerprint density at radius 2 is 2.00 bits per heavy atom. The van der Waals surface area contributed by atoms with Crippen LogP contribution in [0.5, 0.6) is 0 Å². The molecule has 0 bridgehead atoms. The second-order valence-corrected chi connectivity index (χ2v) is 7.57. The fraction of sp³-hybridized carbons (Fsp3) is 0.227. The fourth-order valence-electron chi connectivity index (χ4n) is 4.10. The third-order valence-electron chi connectivity index (χ3n) is 5.62. The van der Waals surface area contributed by atoms with Gasteiger partial charge < -0.3 is 9.47 Å². The summed E-state index contributed by atoms with van der Waals surface area (Å²) in [6.45, 7) is 0.344. The predicted octanol–water partition coefficient (Wildman–Crippen LogP) is 1.91. The lowest BCUT2D eigenvalue weighted by Gasteiger charge is -2.29. The minimum Gasteiger partial charge on any atom is -0.333 e. The molecule has 4 heterocycles. The number of imide groups is 1. The van der Waals surface area contributed by atoms with Crippen molar-refractivity contribution in [1.82, 2.24) is 24.8 Å². The van der Waals surface area contributed by atoms with E-state index in [1.165, 1.54) is 0 Å². The molecule has 2 aliphatic rings. The summed E-state index contributed by atoms with van der Waals surface area (Å²) in [4.78, 5) is 46.9. The predicted molar refractivity (Wildman–Crippen MR) is 108 cm³/mol. The molecule has 3 amide bonds. The smallest absolute Gasteiger partial charge is 0.255 e. The molecular weight excluding hydrogens is 382 g/mol. The van der Waals surface area contributed by atoms with Crippen LogP contribution in [0.2, 0.25) is 0 Å². The molecule has 1 unspecified atom stereocenters. The molecule has 0 spiro atoms. The van der Waals surface area contributed by atoms with Gasteiger partial charge in [0.2, 0.25) is 11.8 Å². The van der Waals surface area contributed by atoms with Crippen molar-refractivity contribution in [3.05, 3.63) is 60.0 Å². The van der Waals surface area contributed by atoms with Crippen LogP contribution in [0.3, 0.4) is 0 Å². The zero-order valence-corrected chi connectivity index (χ0v) is 16.3. The Balaban J connectivity index is 1.44. The van der Waals surface area contributed by atoms with Gasteiger partial charge in [0.25, 0.3) is 5.91 Å². The van der Waals surface area contributed by atoms with Crippen molar-refractivity contribution in [3.8, 4) is 22.6 Å². The first-order valence-corrected chi connectivity index (χ1v) is 9.73. The average molecular weight is 401 g/mol. The number of piperidine rings is 1. The quantitative estimate of drug-likeness (QED) is 0.676. The zero-order valence-electron chi connectivity index (χ0n) is 16.3. The Hall–Kier alpha value is -3.81. The van der Waals surface area contributed by atoms with Gasteiger partial charge in [-0.1, -0.05) is 6.07 Å². The van der Waals surface area contributed by atoms with E-state index in [0.29, 0.717) is 18.5 Å². The van der Waals surface area contributed by atoms with Gasteiger partial charge in [-0.25, -0.2) is 4.98 Å². The van der Waals surface area contributed by atoms with E-state index in [0.717, 1.165) is 28.2 Å². The normalized spacial score (nSPS) is 18.5.